The van der Waals surface area contributed by atoms with E-state index >= 15 is 0 Å². The van der Waals surface area contributed by atoms with Crippen LogP contribution in [0.25, 0.3) is 0 Å². The molecular weight excluding hydrogens is 1560 g/mol. The Labute approximate surface area is 739 Å². The average molecular weight is 1730 g/mol. The second-order valence-electron chi connectivity index (χ2n) is 47.0. The van der Waals surface area contributed by atoms with E-state index in [1.165, 1.54) is 0 Å². The van der Waals surface area contributed by atoms with Crippen LogP contribution in [0, 0.1) is 155 Å². The highest BCUT2D eigenvalue weighted by atomic mass is 16.5. The molecule has 123 heavy (non-hydrogen) atoms. The molecule has 0 bridgehead atoms. The summed E-state index contributed by atoms with van der Waals surface area (Å²) in [6.07, 6.45) is 30.4. The standard InChI is InChI=1S/C102H171N3O18/c1-61(25-34-85(112)113)70-28-31-73-88-76(55-82(109)100(70,73)10)97(7)40-37-67(49-64(97)52-79(88)106)121-46-22-16-13-19-43-103-91(118)94(4)58-95(5,92(119)104-44-20-14-17-23-47-122-68-38-41-98(8)65(50-68)53-80(107)89-74-32-29-71(62(2)26-35-86(114)115)101(74,11)83(110)56-77(89)98)60-96(6,59-94)93(120)105-45-21-15-18-24-48-123-69-39-42-99(9)66(51-69)54-81(108)90-75-33-30-72(63(3)27-36-87(116)117)102(75,12)84(111)57-78(90)99/h61-84,88-90,106-111H,13-60H2,1-12H3,(H,103,118)(H,104,119)(H,105,120)(H,112,113)(H,114,115)(H,116,117)/t61-,62-,63-,64+,65+,66+,67+,68+,69+,70-,71-,72-,73+,74+,75+,76+,77+,78+,79-,80-,81-,82+,83+,84+,88+,89+,90+,94?,95?,96?,97+,98+,99+,100-,101-,102-/m1/s1. The second-order valence-corrected chi connectivity index (χ2v) is 47.0. The van der Waals surface area contributed by atoms with Crippen molar-refractivity contribution in [3.05, 3.63) is 0 Å². The fraction of sp³-hybridized carbons (Fsp3) is 0.941. The van der Waals surface area contributed by atoms with E-state index in [-0.39, 0.29) is 177 Å². The first-order valence-electron chi connectivity index (χ1n) is 50.6. The number of fused-ring (bicyclic) bond motifs is 15. The molecule has 21 heteroatoms. The Morgan fingerprint density at radius 1 is 0.325 bits per heavy atom. The summed E-state index contributed by atoms with van der Waals surface area (Å²) < 4.78 is 19.9. The Kier molecular flexibility index (Phi) is 31.1. The van der Waals surface area contributed by atoms with Gasteiger partial charge in [-0.1, -0.05) is 122 Å². The van der Waals surface area contributed by atoms with Crippen LogP contribution in [0.4, 0.5) is 0 Å². The van der Waals surface area contributed by atoms with E-state index in [0.29, 0.717) is 115 Å². The molecule has 0 heterocycles. The predicted molar refractivity (Wildman–Crippen MR) is 474 cm³/mol. The van der Waals surface area contributed by atoms with Gasteiger partial charge in [0.15, 0.2) is 0 Å². The SMILES string of the molecule is C[C@H](CCC(=O)O)[C@H]1CC[C@H]2[C@@H]3[C@H](O)C[C@@H]4C[C@@H](OCCCCCCNC(=O)C5(C)CC(C)(C(=O)NCCCCCCO[C@H]6CC[C@@]7(C)[C@@H](C6)C[C@@H](O)[C@@H]6[C@@H]7C[C@H](O)[C@]7(C)[C@@H]([C@H](C)CCC(=O)O)CC[C@@H]67)CC(C)(C(=O)NCCCCCCO[C@H]6CC[C@@]7(C)[C@@H](C6)C[C@@H](O)[C@@H]6[C@@H]7C[C@H](O)[C@]7(C)[C@@H]([C@H](C)CCC(=O)O)CC[C@@H]67)C5)CC[C@]4(C)[C@H]3C[C@H](O)[C@]12C. The number of nitrogens with one attached hydrogen (secondary N) is 3. The van der Waals surface area contributed by atoms with Crippen LogP contribution in [0.5, 0.6) is 0 Å². The van der Waals surface area contributed by atoms with Gasteiger partial charge in [-0.15, -0.1) is 0 Å². The number of carbonyl (C=O) groups is 6. The van der Waals surface area contributed by atoms with E-state index in [9.17, 15) is 74.7 Å². The first-order chi connectivity index (χ1) is 58.2. The van der Waals surface area contributed by atoms with E-state index in [4.69, 9.17) is 14.2 Å². The Morgan fingerprint density at radius 3 is 0.829 bits per heavy atom. The van der Waals surface area contributed by atoms with Gasteiger partial charge in [0.05, 0.1) is 54.9 Å². The number of hydrogen-bond acceptors (Lipinski definition) is 15. The van der Waals surface area contributed by atoms with E-state index < -0.39 is 70.8 Å². The summed E-state index contributed by atoms with van der Waals surface area (Å²) in [7, 11) is 0. The molecule has 13 rings (SSSR count). The number of ether oxygens (including phenoxy) is 3. The summed E-state index contributed by atoms with van der Waals surface area (Å²) >= 11 is 0. The number of hydrogen-bond donors (Lipinski definition) is 12. The van der Waals surface area contributed by atoms with Crippen molar-refractivity contribution in [1.82, 2.24) is 16.0 Å². The molecule has 13 aliphatic carbocycles. The number of unbranched alkanes of at least 4 members (excludes halogenated alkanes) is 9. The molecule has 0 saturated heterocycles. The number of carboxylic acids is 3. The molecule has 0 aromatic rings. The van der Waals surface area contributed by atoms with Crippen LogP contribution >= 0.6 is 0 Å². The normalized spacial score (nSPS) is 45.4. The van der Waals surface area contributed by atoms with E-state index in [2.05, 4.69) is 78.3 Å². The van der Waals surface area contributed by atoms with Gasteiger partial charge >= 0.3 is 17.9 Å². The molecule has 0 aliphatic heterocycles. The van der Waals surface area contributed by atoms with Gasteiger partial charge < -0.3 is 76.1 Å². The fourth-order valence-corrected chi connectivity index (χ4v) is 33.4. The topological polar surface area (TPSA) is 348 Å². The van der Waals surface area contributed by atoms with E-state index in [1.807, 2.05) is 20.8 Å². The monoisotopic (exact) mass is 1730 g/mol. The number of carbonyl (C=O) groups excluding carboxylic acids is 3. The molecular formula is C102H171N3O18. The van der Waals surface area contributed by atoms with Crippen molar-refractivity contribution < 1.29 is 88.9 Å². The summed E-state index contributed by atoms with van der Waals surface area (Å²) in [4.78, 5) is 78.9. The summed E-state index contributed by atoms with van der Waals surface area (Å²) in [5.41, 5.74) is -3.93. The molecule has 13 aliphatic rings. The van der Waals surface area contributed by atoms with Crippen molar-refractivity contribution in [3.8, 4) is 0 Å². The van der Waals surface area contributed by atoms with Crippen molar-refractivity contribution in [2.24, 2.45) is 155 Å². The highest BCUT2D eigenvalue weighted by Gasteiger charge is 2.70. The van der Waals surface area contributed by atoms with Gasteiger partial charge in [0.1, 0.15) is 0 Å². The molecule has 0 radical (unpaired) electrons. The summed E-state index contributed by atoms with van der Waals surface area (Å²) in [6, 6.07) is 0. The third kappa shape index (κ3) is 19.4. The number of aliphatic hydroxyl groups is 6. The quantitative estimate of drug-likeness (QED) is 0.0254. The average Bonchev–Trinajstić information content (AvgIpc) is 1.68. The molecule has 13 saturated carbocycles. The maximum Gasteiger partial charge on any atom is 0.303 e. The maximum atomic E-state index is 14.8. The lowest BCUT2D eigenvalue weighted by Gasteiger charge is -2.63. The van der Waals surface area contributed by atoms with Crippen LogP contribution < -0.4 is 16.0 Å². The lowest BCUT2D eigenvalue weighted by Crippen LogP contribution is -2.62. The number of amides is 3. The van der Waals surface area contributed by atoms with E-state index in [1.54, 1.807) is 0 Å². The first kappa shape index (κ1) is 97.0. The Bertz CT molecular complexity index is 3220. The van der Waals surface area contributed by atoms with Gasteiger partial charge in [0.2, 0.25) is 17.7 Å². The van der Waals surface area contributed by atoms with Gasteiger partial charge in [-0.2, -0.15) is 0 Å². The van der Waals surface area contributed by atoms with Crippen LogP contribution in [0.15, 0.2) is 0 Å². The third-order valence-electron chi connectivity index (χ3n) is 40.1. The molecule has 702 valence electrons. The lowest BCUT2D eigenvalue weighted by atomic mass is 9.43. The fourth-order valence-electron chi connectivity index (χ4n) is 33.4. The minimum atomic E-state index is -1.00. The molecule has 0 aromatic heterocycles. The smallest absolute Gasteiger partial charge is 0.303 e. The molecule has 33 atom stereocenters. The molecule has 21 nitrogen and oxygen atoms in total. The van der Waals surface area contributed by atoms with Gasteiger partial charge in [-0.25, -0.2) is 0 Å². The molecule has 13 fully saturated rings. The lowest BCUT2D eigenvalue weighted by molar-refractivity contribution is -0.209. The molecule has 0 aromatic carbocycles. The van der Waals surface area contributed by atoms with Crippen LogP contribution in [0.3, 0.4) is 0 Å². The number of rotatable bonds is 39. The maximum absolute atomic E-state index is 14.8. The van der Waals surface area contributed by atoms with Gasteiger partial charge in [-0.05, 0) is 351 Å². The number of carboxylic acid groups (broad SMARTS) is 3. The zero-order chi connectivity index (χ0) is 88.7. The van der Waals surface area contributed by atoms with Crippen molar-refractivity contribution >= 4 is 35.6 Å². The van der Waals surface area contributed by atoms with Crippen molar-refractivity contribution in [1.29, 1.82) is 0 Å². The van der Waals surface area contributed by atoms with Gasteiger partial charge in [0.25, 0.3) is 0 Å². The third-order valence-corrected chi connectivity index (χ3v) is 40.1. The summed E-state index contributed by atoms with van der Waals surface area (Å²) in [5.74, 6) is 1.38. The predicted octanol–water partition coefficient (Wildman–Crippen LogP) is 16.7. The highest BCUT2D eigenvalue weighted by molar-refractivity contribution is 5.90. The minimum absolute atomic E-state index is 0.0166. The van der Waals surface area contributed by atoms with Gasteiger partial charge in [-0.3, -0.25) is 28.8 Å². The molecule has 0 spiro atoms. The van der Waals surface area contributed by atoms with Crippen molar-refractivity contribution in [3.63, 3.8) is 0 Å². The number of aliphatic carboxylic acids is 3. The Hall–Kier alpha value is -3.54. The van der Waals surface area contributed by atoms with Crippen LogP contribution in [-0.4, -0.2) is 176 Å². The summed E-state index contributed by atoms with van der Waals surface area (Å²) in [5, 5.41) is 111. The zero-order valence-electron chi connectivity index (χ0n) is 78.2. The Balaban J connectivity index is 0.548. The summed E-state index contributed by atoms with van der Waals surface area (Å²) in [6.45, 7) is 29.8. The molecule has 0 unspecified atom stereocenters. The van der Waals surface area contributed by atoms with Gasteiger partial charge in [0, 0.05) is 75.0 Å². The van der Waals surface area contributed by atoms with Crippen LogP contribution in [-0.2, 0) is 43.0 Å². The van der Waals surface area contributed by atoms with Crippen LogP contribution in [0.2, 0.25) is 0 Å². The largest absolute Gasteiger partial charge is 0.481 e. The first-order valence-corrected chi connectivity index (χ1v) is 50.6. The number of aliphatic hydroxyl groups excluding tert-OH is 6. The minimum Gasteiger partial charge on any atom is -0.481 e. The molecule has 3 amide bonds. The second kappa shape index (κ2) is 39.5. The van der Waals surface area contributed by atoms with Crippen LogP contribution in [0.1, 0.15) is 353 Å². The highest BCUT2D eigenvalue weighted by Crippen LogP contribution is 2.73. The van der Waals surface area contributed by atoms with E-state index in [0.717, 1.165) is 193 Å². The molecule has 12 N–H and O–H groups in total. The zero-order valence-corrected chi connectivity index (χ0v) is 78.2. The van der Waals surface area contributed by atoms with Crippen molar-refractivity contribution in [2.45, 2.75) is 408 Å². The van der Waals surface area contributed by atoms with Crippen molar-refractivity contribution in [2.75, 3.05) is 39.5 Å². The Morgan fingerprint density at radius 2 is 0.577 bits per heavy atom.